The fourth-order valence-electron chi connectivity index (χ4n) is 3.69. The molecule has 0 atom stereocenters. The molecule has 0 unspecified atom stereocenters. The summed E-state index contributed by atoms with van der Waals surface area (Å²) in [7, 11) is 1.58. The van der Waals surface area contributed by atoms with Gasteiger partial charge in [-0.05, 0) is 61.5 Å². The summed E-state index contributed by atoms with van der Waals surface area (Å²) >= 11 is 0. The Morgan fingerprint density at radius 3 is 2.54 bits per heavy atom. The first kappa shape index (κ1) is 20.2. The van der Waals surface area contributed by atoms with Gasteiger partial charge in [-0.1, -0.05) is 48.6 Å². The molecule has 0 bridgehead atoms. The van der Waals surface area contributed by atoms with Crippen LogP contribution in [0.25, 0.3) is 6.08 Å². The highest BCUT2D eigenvalue weighted by Gasteiger charge is 2.18. The minimum absolute atomic E-state index is 0.350. The van der Waals surface area contributed by atoms with Gasteiger partial charge in [0.15, 0.2) is 11.5 Å². The van der Waals surface area contributed by atoms with Crippen molar-refractivity contribution in [2.75, 3.05) is 26.7 Å². The Hall–Kier alpha value is -2.59. The lowest BCUT2D eigenvalue weighted by Gasteiger charge is -2.31. The number of carbonyl (C=O) groups is 1. The predicted molar refractivity (Wildman–Crippen MR) is 113 cm³/mol. The summed E-state index contributed by atoms with van der Waals surface area (Å²) in [4.78, 5) is 13.6. The summed E-state index contributed by atoms with van der Waals surface area (Å²) in [5, 5.41) is 0. The maximum Gasteiger partial charge on any atom is 0.308 e. The van der Waals surface area contributed by atoms with E-state index >= 15 is 0 Å². The molecule has 1 heterocycles. The van der Waals surface area contributed by atoms with E-state index < -0.39 is 0 Å². The van der Waals surface area contributed by atoms with Crippen LogP contribution in [0.4, 0.5) is 0 Å². The Balaban J connectivity index is 1.47. The molecule has 0 amide bonds. The van der Waals surface area contributed by atoms with Crippen LogP contribution in [0.2, 0.25) is 0 Å². The number of hydrogen-bond donors (Lipinski definition) is 0. The summed E-state index contributed by atoms with van der Waals surface area (Å²) in [5.74, 6) is 1.46. The van der Waals surface area contributed by atoms with Crippen molar-refractivity contribution < 1.29 is 14.3 Å². The molecule has 0 N–H and O–H groups in total. The van der Waals surface area contributed by atoms with Crippen molar-refractivity contribution in [3.8, 4) is 11.5 Å². The molecule has 1 aliphatic heterocycles. The topological polar surface area (TPSA) is 38.8 Å². The van der Waals surface area contributed by atoms with Crippen LogP contribution in [0.3, 0.4) is 0 Å². The third-order valence-corrected chi connectivity index (χ3v) is 5.19. The Morgan fingerprint density at radius 1 is 1.11 bits per heavy atom. The van der Waals surface area contributed by atoms with Gasteiger partial charge in [0.2, 0.25) is 0 Å². The third-order valence-electron chi connectivity index (χ3n) is 5.19. The van der Waals surface area contributed by atoms with Gasteiger partial charge in [0.1, 0.15) is 0 Å². The molecule has 0 aromatic heterocycles. The average molecular weight is 380 g/mol. The molecular formula is C24H29NO3. The van der Waals surface area contributed by atoms with Crippen LogP contribution >= 0.6 is 0 Å². The second-order valence-electron chi connectivity index (χ2n) is 7.34. The van der Waals surface area contributed by atoms with Crippen LogP contribution < -0.4 is 9.47 Å². The van der Waals surface area contributed by atoms with Crippen LogP contribution in [0, 0.1) is 5.92 Å². The first-order valence-corrected chi connectivity index (χ1v) is 9.93. The number of methoxy groups -OCH3 is 1. The molecule has 3 rings (SSSR count). The standard InChI is InChI=1S/C24H29NO3/c1-19(26)28-23-11-10-21(18-24(23)27-2)9-6-14-25-15-12-22(13-16-25)17-20-7-4-3-5-8-20/h3-11,18,22H,12-17H2,1-2H3. The van der Waals surface area contributed by atoms with Crippen molar-refractivity contribution in [3.63, 3.8) is 0 Å². The number of nitrogens with zero attached hydrogens (tertiary/aromatic N) is 1. The summed E-state index contributed by atoms with van der Waals surface area (Å²) < 4.78 is 10.5. The number of esters is 1. The molecule has 2 aromatic carbocycles. The van der Waals surface area contributed by atoms with Crippen molar-refractivity contribution >= 4 is 12.0 Å². The summed E-state index contributed by atoms with van der Waals surface area (Å²) in [6.45, 7) is 4.63. The Kier molecular flexibility index (Phi) is 7.26. The number of ether oxygens (including phenoxy) is 2. The zero-order valence-electron chi connectivity index (χ0n) is 16.8. The molecule has 1 fully saturated rings. The van der Waals surface area contributed by atoms with Crippen LogP contribution in [-0.2, 0) is 11.2 Å². The Bertz CT molecular complexity index is 793. The highest BCUT2D eigenvalue weighted by molar-refractivity contribution is 5.71. The van der Waals surface area contributed by atoms with E-state index in [9.17, 15) is 4.79 Å². The van der Waals surface area contributed by atoms with Gasteiger partial charge in [-0.25, -0.2) is 0 Å². The monoisotopic (exact) mass is 379 g/mol. The van der Waals surface area contributed by atoms with Gasteiger partial charge in [0, 0.05) is 13.5 Å². The zero-order valence-corrected chi connectivity index (χ0v) is 16.8. The first-order chi connectivity index (χ1) is 13.6. The van der Waals surface area contributed by atoms with Gasteiger partial charge in [0.25, 0.3) is 0 Å². The summed E-state index contributed by atoms with van der Waals surface area (Å²) in [5.41, 5.74) is 2.48. The lowest BCUT2D eigenvalue weighted by Crippen LogP contribution is -2.34. The van der Waals surface area contributed by atoms with E-state index in [1.54, 1.807) is 13.2 Å². The largest absolute Gasteiger partial charge is 0.493 e. The minimum atomic E-state index is -0.350. The molecule has 0 spiro atoms. The van der Waals surface area contributed by atoms with Crippen LogP contribution in [-0.4, -0.2) is 37.6 Å². The van der Waals surface area contributed by atoms with Crippen molar-refractivity contribution in [2.24, 2.45) is 5.92 Å². The van der Waals surface area contributed by atoms with Gasteiger partial charge >= 0.3 is 5.97 Å². The minimum Gasteiger partial charge on any atom is -0.493 e. The predicted octanol–water partition coefficient (Wildman–Crippen LogP) is 4.59. The number of likely N-dealkylation sites (tertiary alicyclic amines) is 1. The fourth-order valence-corrected chi connectivity index (χ4v) is 3.69. The maximum absolute atomic E-state index is 11.1. The van der Waals surface area contributed by atoms with Crippen molar-refractivity contribution in [2.45, 2.75) is 26.2 Å². The Morgan fingerprint density at radius 2 is 1.86 bits per heavy atom. The van der Waals surface area contributed by atoms with Crippen molar-refractivity contribution in [1.82, 2.24) is 4.90 Å². The fraction of sp³-hybridized carbons (Fsp3) is 0.375. The van der Waals surface area contributed by atoms with E-state index in [0.717, 1.165) is 31.1 Å². The van der Waals surface area contributed by atoms with E-state index in [0.29, 0.717) is 11.5 Å². The van der Waals surface area contributed by atoms with Gasteiger partial charge in [0.05, 0.1) is 7.11 Å². The average Bonchev–Trinajstić information content (AvgIpc) is 2.71. The molecule has 1 aliphatic rings. The summed E-state index contributed by atoms with van der Waals surface area (Å²) in [6, 6.07) is 16.4. The normalized spacial score (nSPS) is 15.6. The molecule has 1 saturated heterocycles. The number of rotatable bonds is 7. The maximum atomic E-state index is 11.1. The van der Waals surface area contributed by atoms with Gasteiger partial charge < -0.3 is 9.47 Å². The summed E-state index contributed by atoms with van der Waals surface area (Å²) in [6.07, 6.45) is 7.99. The van der Waals surface area contributed by atoms with Crippen LogP contribution in [0.1, 0.15) is 30.9 Å². The van der Waals surface area contributed by atoms with E-state index in [2.05, 4.69) is 47.4 Å². The van der Waals surface area contributed by atoms with E-state index in [1.165, 1.54) is 31.7 Å². The number of hydrogen-bond acceptors (Lipinski definition) is 4. The lowest BCUT2D eigenvalue weighted by atomic mass is 9.90. The molecule has 0 radical (unpaired) electrons. The molecule has 28 heavy (non-hydrogen) atoms. The van der Waals surface area contributed by atoms with Crippen molar-refractivity contribution in [3.05, 3.63) is 65.7 Å². The third kappa shape index (κ3) is 5.96. The first-order valence-electron chi connectivity index (χ1n) is 9.93. The quantitative estimate of drug-likeness (QED) is 0.521. The van der Waals surface area contributed by atoms with E-state index in [1.807, 2.05) is 12.1 Å². The lowest BCUT2D eigenvalue weighted by molar-refractivity contribution is -0.132. The van der Waals surface area contributed by atoms with Crippen LogP contribution in [0.15, 0.2) is 54.6 Å². The van der Waals surface area contributed by atoms with E-state index in [4.69, 9.17) is 9.47 Å². The van der Waals surface area contributed by atoms with Crippen molar-refractivity contribution in [1.29, 1.82) is 0 Å². The van der Waals surface area contributed by atoms with Gasteiger partial charge in [-0.15, -0.1) is 0 Å². The molecule has 2 aromatic rings. The number of piperidine rings is 1. The molecule has 0 aliphatic carbocycles. The van der Waals surface area contributed by atoms with Gasteiger partial charge in [-0.3, -0.25) is 9.69 Å². The smallest absolute Gasteiger partial charge is 0.308 e. The Labute approximate surface area is 167 Å². The molecule has 148 valence electrons. The van der Waals surface area contributed by atoms with Crippen LogP contribution in [0.5, 0.6) is 11.5 Å². The molecule has 4 nitrogen and oxygen atoms in total. The molecular weight excluding hydrogens is 350 g/mol. The highest BCUT2D eigenvalue weighted by Crippen LogP contribution is 2.28. The van der Waals surface area contributed by atoms with Gasteiger partial charge in [-0.2, -0.15) is 0 Å². The number of benzene rings is 2. The number of carbonyl (C=O) groups excluding carboxylic acids is 1. The zero-order chi connectivity index (χ0) is 19.8. The molecule has 4 heteroatoms. The highest BCUT2D eigenvalue weighted by atomic mass is 16.6. The molecule has 0 saturated carbocycles. The second kappa shape index (κ2) is 10.1. The van der Waals surface area contributed by atoms with E-state index in [-0.39, 0.29) is 5.97 Å². The second-order valence-corrected chi connectivity index (χ2v) is 7.34. The SMILES string of the molecule is COc1cc(C=CCN2CCC(Cc3ccccc3)CC2)ccc1OC(C)=O.